The highest BCUT2D eigenvalue weighted by Crippen LogP contribution is 2.26. The van der Waals surface area contributed by atoms with Crippen LogP contribution in [0.15, 0.2) is 18.2 Å². The minimum absolute atomic E-state index is 0.0256. The van der Waals surface area contributed by atoms with Crippen molar-refractivity contribution in [2.45, 2.75) is 32.8 Å². The molecular weight excluding hydrogens is 245 g/mol. The van der Waals surface area contributed by atoms with E-state index >= 15 is 0 Å². The number of hydrogen-bond acceptors (Lipinski definition) is 3. The van der Waals surface area contributed by atoms with Gasteiger partial charge < -0.3 is 10.1 Å². The van der Waals surface area contributed by atoms with Gasteiger partial charge in [0.25, 0.3) is 0 Å². The molecule has 1 aliphatic heterocycles. The van der Waals surface area contributed by atoms with Crippen molar-refractivity contribution in [3.8, 4) is 5.75 Å². The first kappa shape index (κ1) is 14.0. The van der Waals surface area contributed by atoms with Gasteiger partial charge in [-0.25, -0.2) is 4.39 Å². The zero-order valence-corrected chi connectivity index (χ0v) is 11.4. The number of piperidine rings is 1. The van der Waals surface area contributed by atoms with Gasteiger partial charge in [-0.2, -0.15) is 0 Å². The second kappa shape index (κ2) is 6.15. The summed E-state index contributed by atoms with van der Waals surface area (Å²) in [6.07, 6.45) is 1.79. The largest absolute Gasteiger partial charge is 0.490 e. The smallest absolute Gasteiger partial charge is 0.171 e. The molecule has 0 amide bonds. The first-order chi connectivity index (χ1) is 9.08. The van der Waals surface area contributed by atoms with Crippen LogP contribution >= 0.6 is 0 Å². The van der Waals surface area contributed by atoms with Gasteiger partial charge in [-0.1, -0.05) is 0 Å². The molecule has 1 atom stereocenters. The van der Waals surface area contributed by atoms with Crippen LogP contribution in [0.4, 0.5) is 4.39 Å². The molecule has 0 bridgehead atoms. The molecule has 104 valence electrons. The number of hydrogen-bond donors (Lipinski definition) is 1. The van der Waals surface area contributed by atoms with Crippen molar-refractivity contribution in [1.29, 1.82) is 0 Å². The van der Waals surface area contributed by atoms with E-state index in [9.17, 15) is 9.18 Å². The molecule has 0 spiro atoms. The van der Waals surface area contributed by atoms with Crippen molar-refractivity contribution in [2.24, 2.45) is 5.92 Å². The molecule has 0 radical (unpaired) electrons. The van der Waals surface area contributed by atoms with Gasteiger partial charge in [-0.15, -0.1) is 0 Å². The molecule has 1 aromatic carbocycles. The molecular formula is C15H20FNO2. The Kier molecular flexibility index (Phi) is 4.53. The summed E-state index contributed by atoms with van der Waals surface area (Å²) in [5.74, 6) is -0.0254. The summed E-state index contributed by atoms with van der Waals surface area (Å²) in [5, 5.41) is 3.20. The number of rotatable bonds is 4. The predicted octanol–water partition coefficient (Wildman–Crippen LogP) is 2.80. The minimum Gasteiger partial charge on any atom is -0.490 e. The lowest BCUT2D eigenvalue weighted by Gasteiger charge is -2.23. The minimum atomic E-state index is -0.400. The first-order valence-corrected chi connectivity index (χ1v) is 6.79. The van der Waals surface area contributed by atoms with Crippen LogP contribution in [0.1, 0.15) is 37.0 Å². The number of halogens is 1. The van der Waals surface area contributed by atoms with Gasteiger partial charge in [0.05, 0.1) is 11.7 Å². The van der Waals surface area contributed by atoms with Crippen LogP contribution in [0.5, 0.6) is 5.75 Å². The monoisotopic (exact) mass is 265 g/mol. The molecule has 4 heteroatoms. The summed E-state index contributed by atoms with van der Waals surface area (Å²) in [6.45, 7) is 5.39. The number of carbonyl (C=O) groups excluding carboxylic acids is 1. The van der Waals surface area contributed by atoms with E-state index in [2.05, 4.69) is 5.32 Å². The van der Waals surface area contributed by atoms with E-state index in [-0.39, 0.29) is 17.8 Å². The highest BCUT2D eigenvalue weighted by Gasteiger charge is 2.25. The van der Waals surface area contributed by atoms with Crippen molar-refractivity contribution in [3.05, 3.63) is 29.6 Å². The van der Waals surface area contributed by atoms with Crippen molar-refractivity contribution in [3.63, 3.8) is 0 Å². The maximum absolute atomic E-state index is 13.4. The standard InChI is InChI=1S/C15H20FNO2/c1-10(2)19-14-6-5-12(16)8-13(14)15(18)11-4-3-7-17-9-11/h5-6,8,10-11,17H,3-4,7,9H2,1-2H3. The van der Waals surface area contributed by atoms with E-state index in [1.807, 2.05) is 13.8 Å². The summed E-state index contributed by atoms with van der Waals surface area (Å²) < 4.78 is 19.0. The van der Waals surface area contributed by atoms with Crippen molar-refractivity contribution in [1.82, 2.24) is 5.32 Å². The molecule has 1 heterocycles. The van der Waals surface area contributed by atoms with E-state index in [4.69, 9.17) is 4.74 Å². The number of nitrogens with one attached hydrogen (secondary N) is 1. The van der Waals surface area contributed by atoms with Gasteiger partial charge in [-0.3, -0.25) is 4.79 Å². The summed E-state index contributed by atoms with van der Waals surface area (Å²) in [4.78, 5) is 12.5. The summed E-state index contributed by atoms with van der Waals surface area (Å²) in [5.41, 5.74) is 0.363. The van der Waals surface area contributed by atoms with Crippen LogP contribution in [-0.2, 0) is 0 Å². The quantitative estimate of drug-likeness (QED) is 0.851. The molecule has 19 heavy (non-hydrogen) atoms. The molecule has 0 aliphatic carbocycles. The third-order valence-electron chi connectivity index (χ3n) is 3.24. The summed E-state index contributed by atoms with van der Waals surface area (Å²) in [6, 6.07) is 4.15. The fourth-order valence-electron chi connectivity index (χ4n) is 2.35. The normalized spacial score (nSPS) is 19.5. The third kappa shape index (κ3) is 3.53. The lowest BCUT2D eigenvalue weighted by molar-refractivity contribution is 0.0893. The van der Waals surface area contributed by atoms with E-state index in [0.717, 1.165) is 19.4 Å². The molecule has 2 rings (SSSR count). The van der Waals surface area contributed by atoms with Crippen LogP contribution in [0.25, 0.3) is 0 Å². The van der Waals surface area contributed by atoms with Crippen LogP contribution in [0, 0.1) is 11.7 Å². The first-order valence-electron chi connectivity index (χ1n) is 6.79. The zero-order valence-electron chi connectivity index (χ0n) is 11.4. The van der Waals surface area contributed by atoms with Gasteiger partial charge in [-0.05, 0) is 51.4 Å². The average Bonchev–Trinajstić information content (AvgIpc) is 2.40. The maximum Gasteiger partial charge on any atom is 0.171 e. The van der Waals surface area contributed by atoms with Gasteiger partial charge in [0.1, 0.15) is 11.6 Å². The van der Waals surface area contributed by atoms with E-state index in [1.54, 1.807) is 6.07 Å². The van der Waals surface area contributed by atoms with E-state index in [1.165, 1.54) is 12.1 Å². The molecule has 0 saturated carbocycles. The molecule has 0 aromatic heterocycles. The molecule has 1 unspecified atom stereocenters. The molecule has 1 aliphatic rings. The van der Waals surface area contributed by atoms with Gasteiger partial charge >= 0.3 is 0 Å². The maximum atomic E-state index is 13.4. The van der Waals surface area contributed by atoms with Gasteiger partial charge in [0.15, 0.2) is 5.78 Å². The van der Waals surface area contributed by atoms with Crippen molar-refractivity contribution >= 4 is 5.78 Å². The molecule has 1 N–H and O–H groups in total. The lowest BCUT2D eigenvalue weighted by atomic mass is 9.90. The average molecular weight is 265 g/mol. The number of carbonyl (C=O) groups is 1. The number of ether oxygens (including phenoxy) is 1. The highest BCUT2D eigenvalue weighted by molar-refractivity contribution is 6.00. The molecule has 3 nitrogen and oxygen atoms in total. The Hall–Kier alpha value is -1.42. The van der Waals surface area contributed by atoms with Gasteiger partial charge in [0.2, 0.25) is 0 Å². The predicted molar refractivity (Wildman–Crippen MR) is 72.1 cm³/mol. The Bertz CT molecular complexity index is 453. The number of benzene rings is 1. The Labute approximate surface area is 113 Å². The second-order valence-electron chi connectivity index (χ2n) is 5.21. The third-order valence-corrected chi connectivity index (χ3v) is 3.24. The van der Waals surface area contributed by atoms with Crippen LogP contribution in [0.3, 0.4) is 0 Å². The van der Waals surface area contributed by atoms with Crippen LogP contribution in [-0.4, -0.2) is 25.0 Å². The topological polar surface area (TPSA) is 38.3 Å². The van der Waals surface area contributed by atoms with E-state index in [0.29, 0.717) is 17.9 Å². The van der Waals surface area contributed by atoms with Crippen molar-refractivity contribution < 1.29 is 13.9 Å². The molecule has 1 saturated heterocycles. The summed E-state index contributed by atoms with van der Waals surface area (Å²) >= 11 is 0. The number of Topliss-reactive ketones (excluding diaryl/α,β-unsaturated/α-hetero) is 1. The van der Waals surface area contributed by atoms with Crippen LogP contribution < -0.4 is 10.1 Å². The summed E-state index contributed by atoms with van der Waals surface area (Å²) in [7, 11) is 0. The SMILES string of the molecule is CC(C)Oc1ccc(F)cc1C(=O)C1CCCNC1. The fourth-order valence-corrected chi connectivity index (χ4v) is 2.35. The van der Waals surface area contributed by atoms with Gasteiger partial charge in [0, 0.05) is 12.5 Å². The van der Waals surface area contributed by atoms with Crippen molar-refractivity contribution in [2.75, 3.05) is 13.1 Å². The fraction of sp³-hybridized carbons (Fsp3) is 0.533. The molecule has 1 aromatic rings. The second-order valence-corrected chi connectivity index (χ2v) is 5.21. The van der Waals surface area contributed by atoms with Crippen LogP contribution in [0.2, 0.25) is 0 Å². The Morgan fingerprint density at radius 1 is 1.47 bits per heavy atom. The molecule has 1 fully saturated rings. The Balaban J connectivity index is 2.25. The Morgan fingerprint density at radius 3 is 2.89 bits per heavy atom. The lowest BCUT2D eigenvalue weighted by Crippen LogP contribution is -2.34. The zero-order chi connectivity index (χ0) is 13.8. The Morgan fingerprint density at radius 2 is 2.26 bits per heavy atom. The van der Waals surface area contributed by atoms with E-state index < -0.39 is 5.82 Å². The number of ketones is 1. The highest BCUT2D eigenvalue weighted by atomic mass is 19.1.